The average molecular weight is 252 g/mol. The lowest BCUT2D eigenvalue weighted by atomic mass is 9.73. The fourth-order valence-electron chi connectivity index (χ4n) is 2.65. The first kappa shape index (κ1) is 13.3. The molecule has 100 valence electrons. The third-order valence-corrected chi connectivity index (χ3v) is 4.10. The number of benzene rings is 1. The quantitative estimate of drug-likeness (QED) is 0.891. The van der Waals surface area contributed by atoms with E-state index in [1.54, 1.807) is 12.1 Å². The molecule has 18 heavy (non-hydrogen) atoms. The number of piperidine rings is 1. The molecule has 1 aliphatic heterocycles. The van der Waals surface area contributed by atoms with Gasteiger partial charge in [0.15, 0.2) is 11.6 Å². The van der Waals surface area contributed by atoms with E-state index in [1.807, 2.05) is 6.07 Å². The first-order valence-corrected chi connectivity index (χ1v) is 6.34. The zero-order valence-electron chi connectivity index (χ0n) is 11.1. The molecule has 1 heterocycles. The maximum absolute atomic E-state index is 13.8. The first-order valence-electron chi connectivity index (χ1n) is 6.34. The minimum absolute atomic E-state index is 0.0837. The Labute approximate surface area is 108 Å². The number of rotatable bonds is 3. The van der Waals surface area contributed by atoms with E-state index in [0.717, 1.165) is 31.5 Å². The predicted octanol–water partition coefficient (Wildman–Crippen LogP) is 1.76. The number of hydrogen-bond acceptors (Lipinski definition) is 3. The van der Waals surface area contributed by atoms with Crippen LogP contribution in [0.1, 0.15) is 18.4 Å². The number of methoxy groups -OCH3 is 1. The Morgan fingerprint density at radius 1 is 1.39 bits per heavy atom. The normalized spacial score (nSPS) is 19.8. The van der Waals surface area contributed by atoms with Gasteiger partial charge in [-0.3, -0.25) is 0 Å². The molecule has 0 unspecified atom stereocenters. The Bertz CT molecular complexity index is 414. The third-order valence-electron chi connectivity index (χ3n) is 4.10. The first-order chi connectivity index (χ1) is 8.61. The molecule has 0 aliphatic carbocycles. The Morgan fingerprint density at radius 3 is 2.56 bits per heavy atom. The molecule has 1 aromatic carbocycles. The van der Waals surface area contributed by atoms with E-state index in [0.29, 0.717) is 12.3 Å². The van der Waals surface area contributed by atoms with Gasteiger partial charge < -0.3 is 15.4 Å². The third kappa shape index (κ3) is 2.35. The van der Waals surface area contributed by atoms with Crippen LogP contribution in [0.4, 0.5) is 4.39 Å². The van der Waals surface area contributed by atoms with Crippen molar-refractivity contribution in [2.24, 2.45) is 5.73 Å². The highest BCUT2D eigenvalue weighted by Gasteiger charge is 2.34. The van der Waals surface area contributed by atoms with E-state index in [9.17, 15) is 4.39 Å². The maximum atomic E-state index is 13.8. The second kappa shape index (κ2) is 5.24. The smallest absolute Gasteiger partial charge is 0.165 e. The summed E-state index contributed by atoms with van der Waals surface area (Å²) in [4.78, 5) is 2.29. The van der Waals surface area contributed by atoms with Gasteiger partial charge in [0.2, 0.25) is 0 Å². The summed E-state index contributed by atoms with van der Waals surface area (Å²) >= 11 is 0. The Morgan fingerprint density at radius 2 is 2.06 bits per heavy atom. The van der Waals surface area contributed by atoms with Crippen molar-refractivity contribution >= 4 is 0 Å². The molecule has 0 aromatic heterocycles. The summed E-state index contributed by atoms with van der Waals surface area (Å²) in [5, 5.41) is 0. The van der Waals surface area contributed by atoms with Crippen LogP contribution in [-0.2, 0) is 5.41 Å². The fraction of sp³-hybridized carbons (Fsp3) is 0.571. The molecule has 0 saturated carbocycles. The van der Waals surface area contributed by atoms with Crippen LogP contribution in [-0.4, -0.2) is 38.7 Å². The topological polar surface area (TPSA) is 38.5 Å². The monoisotopic (exact) mass is 252 g/mol. The average Bonchev–Trinajstić information content (AvgIpc) is 2.40. The molecule has 3 nitrogen and oxygen atoms in total. The number of nitrogens with zero attached hydrogens (tertiary/aromatic N) is 1. The van der Waals surface area contributed by atoms with E-state index >= 15 is 0 Å². The molecule has 2 rings (SSSR count). The van der Waals surface area contributed by atoms with E-state index in [-0.39, 0.29) is 11.2 Å². The summed E-state index contributed by atoms with van der Waals surface area (Å²) in [5.74, 6) is -0.0133. The van der Waals surface area contributed by atoms with E-state index in [1.165, 1.54) is 7.11 Å². The number of ether oxygens (including phenoxy) is 1. The van der Waals surface area contributed by atoms with Crippen molar-refractivity contribution < 1.29 is 9.13 Å². The van der Waals surface area contributed by atoms with Crippen LogP contribution < -0.4 is 10.5 Å². The summed E-state index contributed by atoms with van der Waals surface area (Å²) in [7, 11) is 3.58. The van der Waals surface area contributed by atoms with Crippen LogP contribution >= 0.6 is 0 Å². The lowest BCUT2D eigenvalue weighted by Crippen LogP contribution is -2.45. The molecular formula is C14H21FN2O. The molecule has 0 spiro atoms. The number of nitrogens with two attached hydrogens (primary N) is 1. The molecule has 0 radical (unpaired) electrons. The summed E-state index contributed by atoms with van der Waals surface area (Å²) < 4.78 is 18.8. The summed E-state index contributed by atoms with van der Waals surface area (Å²) in [6.07, 6.45) is 1.96. The van der Waals surface area contributed by atoms with Gasteiger partial charge in [-0.15, -0.1) is 0 Å². The lowest BCUT2D eigenvalue weighted by Gasteiger charge is -2.40. The summed E-state index contributed by atoms with van der Waals surface area (Å²) in [6.45, 7) is 2.57. The van der Waals surface area contributed by atoms with Gasteiger partial charge in [0.05, 0.1) is 7.11 Å². The highest BCUT2D eigenvalue weighted by molar-refractivity contribution is 5.34. The summed E-state index contributed by atoms with van der Waals surface area (Å²) in [6, 6.07) is 5.22. The van der Waals surface area contributed by atoms with Crippen molar-refractivity contribution in [2.45, 2.75) is 18.3 Å². The van der Waals surface area contributed by atoms with Crippen molar-refractivity contribution in [3.05, 3.63) is 29.6 Å². The number of hydrogen-bond donors (Lipinski definition) is 1. The van der Waals surface area contributed by atoms with Gasteiger partial charge in [0.1, 0.15) is 0 Å². The minimum Gasteiger partial charge on any atom is -0.494 e. The van der Waals surface area contributed by atoms with E-state index in [2.05, 4.69) is 11.9 Å². The maximum Gasteiger partial charge on any atom is 0.165 e. The molecule has 1 saturated heterocycles. The van der Waals surface area contributed by atoms with Crippen LogP contribution in [0.15, 0.2) is 18.2 Å². The van der Waals surface area contributed by atoms with Gasteiger partial charge in [-0.05, 0) is 50.7 Å². The Kier molecular flexibility index (Phi) is 3.88. The zero-order chi connectivity index (χ0) is 13.2. The molecule has 0 atom stereocenters. The molecule has 0 amide bonds. The standard InChI is InChI=1S/C14H21FN2O/c1-17-7-5-14(10-16,6-8-17)11-3-4-13(18-2)12(15)9-11/h3-4,9H,5-8,10,16H2,1-2H3. The van der Waals surface area contributed by atoms with Gasteiger partial charge in [-0.25, -0.2) is 4.39 Å². The zero-order valence-corrected chi connectivity index (χ0v) is 11.1. The van der Waals surface area contributed by atoms with Crippen LogP contribution in [0.2, 0.25) is 0 Å². The van der Waals surface area contributed by atoms with Crippen LogP contribution in [0.25, 0.3) is 0 Å². The van der Waals surface area contributed by atoms with E-state index < -0.39 is 0 Å². The summed E-state index contributed by atoms with van der Waals surface area (Å²) in [5.41, 5.74) is 6.88. The fourth-order valence-corrected chi connectivity index (χ4v) is 2.65. The van der Waals surface area contributed by atoms with Crippen LogP contribution in [0.3, 0.4) is 0 Å². The minimum atomic E-state index is -0.304. The van der Waals surface area contributed by atoms with Gasteiger partial charge in [-0.2, -0.15) is 0 Å². The van der Waals surface area contributed by atoms with Crippen LogP contribution in [0.5, 0.6) is 5.75 Å². The largest absolute Gasteiger partial charge is 0.494 e. The van der Waals surface area contributed by atoms with Gasteiger partial charge >= 0.3 is 0 Å². The number of likely N-dealkylation sites (tertiary alicyclic amines) is 1. The van der Waals surface area contributed by atoms with Crippen molar-refractivity contribution in [2.75, 3.05) is 33.8 Å². The van der Waals surface area contributed by atoms with Crippen molar-refractivity contribution in [1.29, 1.82) is 0 Å². The molecule has 1 aliphatic rings. The van der Waals surface area contributed by atoms with Crippen molar-refractivity contribution in [3.63, 3.8) is 0 Å². The Balaban J connectivity index is 2.30. The van der Waals surface area contributed by atoms with Gasteiger partial charge in [-0.1, -0.05) is 6.07 Å². The molecule has 0 bridgehead atoms. The SMILES string of the molecule is COc1ccc(C2(CN)CCN(C)CC2)cc1F. The lowest BCUT2D eigenvalue weighted by molar-refractivity contribution is 0.191. The number of halogens is 1. The second-order valence-electron chi connectivity index (χ2n) is 5.14. The molecule has 4 heteroatoms. The molecule has 2 N–H and O–H groups in total. The molecular weight excluding hydrogens is 231 g/mol. The highest BCUT2D eigenvalue weighted by Crippen LogP contribution is 2.35. The van der Waals surface area contributed by atoms with Gasteiger partial charge in [0.25, 0.3) is 0 Å². The van der Waals surface area contributed by atoms with E-state index in [4.69, 9.17) is 10.5 Å². The van der Waals surface area contributed by atoms with Crippen molar-refractivity contribution in [3.8, 4) is 5.75 Å². The predicted molar refractivity (Wildman–Crippen MR) is 70.4 cm³/mol. The van der Waals surface area contributed by atoms with Crippen LogP contribution in [0, 0.1) is 5.82 Å². The van der Waals surface area contributed by atoms with Crippen molar-refractivity contribution in [1.82, 2.24) is 4.90 Å². The second-order valence-corrected chi connectivity index (χ2v) is 5.14. The Hall–Kier alpha value is -1.13. The molecule has 1 fully saturated rings. The van der Waals surface area contributed by atoms with Gasteiger partial charge in [0, 0.05) is 12.0 Å². The molecule has 1 aromatic rings. The highest BCUT2D eigenvalue weighted by atomic mass is 19.1.